The standard InChI is InChI=1S/C14H30N4.HI/c1-12(2)11-17-14(15)16-7-4-8-18-9-5-13(3)6-10-18;/h12-13H,4-11H2,1-3H3,(H3,15,16,17);1H. The number of nitrogens with one attached hydrogen (secondary N) is 1. The maximum absolute atomic E-state index is 5.78. The largest absolute Gasteiger partial charge is 0.370 e. The van der Waals surface area contributed by atoms with Crippen molar-refractivity contribution in [3.63, 3.8) is 0 Å². The molecule has 1 rings (SSSR count). The molecule has 114 valence electrons. The summed E-state index contributed by atoms with van der Waals surface area (Å²) in [7, 11) is 0. The fourth-order valence-corrected chi connectivity index (χ4v) is 2.14. The minimum Gasteiger partial charge on any atom is -0.370 e. The Balaban J connectivity index is 0.00000324. The number of likely N-dealkylation sites (tertiary alicyclic amines) is 1. The molecule has 1 heterocycles. The van der Waals surface area contributed by atoms with Gasteiger partial charge in [-0.25, -0.2) is 0 Å². The van der Waals surface area contributed by atoms with Gasteiger partial charge in [-0.1, -0.05) is 20.8 Å². The number of guanidine groups is 1. The van der Waals surface area contributed by atoms with Gasteiger partial charge in [0.1, 0.15) is 0 Å². The van der Waals surface area contributed by atoms with Gasteiger partial charge in [-0.3, -0.25) is 4.99 Å². The molecule has 0 spiro atoms. The van der Waals surface area contributed by atoms with Crippen LogP contribution >= 0.6 is 24.0 Å². The van der Waals surface area contributed by atoms with Gasteiger partial charge in [-0.15, -0.1) is 24.0 Å². The molecule has 0 unspecified atom stereocenters. The highest BCUT2D eigenvalue weighted by Crippen LogP contribution is 2.15. The zero-order valence-electron chi connectivity index (χ0n) is 12.7. The molecule has 0 aromatic heterocycles. The molecule has 0 saturated carbocycles. The van der Waals surface area contributed by atoms with Gasteiger partial charge in [-0.2, -0.15) is 0 Å². The summed E-state index contributed by atoms with van der Waals surface area (Å²) >= 11 is 0. The Morgan fingerprint density at radius 1 is 1.37 bits per heavy atom. The fraction of sp³-hybridized carbons (Fsp3) is 0.929. The minimum atomic E-state index is 0. The van der Waals surface area contributed by atoms with Crippen LogP contribution in [0.1, 0.15) is 40.0 Å². The van der Waals surface area contributed by atoms with Gasteiger partial charge in [0.15, 0.2) is 5.96 Å². The number of nitrogens with zero attached hydrogens (tertiary/aromatic N) is 2. The summed E-state index contributed by atoms with van der Waals surface area (Å²) in [4.78, 5) is 6.85. The van der Waals surface area contributed by atoms with Crippen molar-refractivity contribution in [3.8, 4) is 0 Å². The average molecular weight is 382 g/mol. The van der Waals surface area contributed by atoms with Gasteiger partial charge in [0, 0.05) is 13.1 Å². The molecule has 19 heavy (non-hydrogen) atoms. The van der Waals surface area contributed by atoms with Crippen LogP contribution in [0.5, 0.6) is 0 Å². The number of hydrogen-bond acceptors (Lipinski definition) is 2. The van der Waals surface area contributed by atoms with E-state index in [0.717, 1.165) is 25.4 Å². The Bertz CT molecular complexity index is 248. The SMILES string of the molecule is CC(C)CN=C(N)NCCCN1CCC(C)CC1.I. The molecule has 0 aliphatic carbocycles. The van der Waals surface area contributed by atoms with Crippen molar-refractivity contribution in [1.82, 2.24) is 10.2 Å². The van der Waals surface area contributed by atoms with E-state index in [0.29, 0.717) is 11.9 Å². The highest BCUT2D eigenvalue weighted by molar-refractivity contribution is 14.0. The van der Waals surface area contributed by atoms with Crippen LogP contribution in [-0.4, -0.2) is 43.6 Å². The lowest BCUT2D eigenvalue weighted by Gasteiger charge is -2.30. The van der Waals surface area contributed by atoms with Crippen molar-refractivity contribution in [1.29, 1.82) is 0 Å². The molecule has 1 fully saturated rings. The minimum absolute atomic E-state index is 0. The molecule has 1 aliphatic rings. The second-order valence-electron chi connectivity index (χ2n) is 5.92. The van der Waals surface area contributed by atoms with Gasteiger partial charge < -0.3 is 16.0 Å². The van der Waals surface area contributed by atoms with Crippen molar-refractivity contribution >= 4 is 29.9 Å². The Hall–Kier alpha value is -0.0400. The normalized spacial score (nSPS) is 18.4. The van der Waals surface area contributed by atoms with E-state index in [1.165, 1.54) is 32.5 Å². The zero-order valence-corrected chi connectivity index (χ0v) is 15.0. The van der Waals surface area contributed by atoms with Crippen LogP contribution in [0.15, 0.2) is 4.99 Å². The molecule has 1 aliphatic heterocycles. The maximum Gasteiger partial charge on any atom is 0.188 e. The highest BCUT2D eigenvalue weighted by Gasteiger charge is 2.14. The third-order valence-electron chi connectivity index (χ3n) is 3.46. The maximum atomic E-state index is 5.78. The fourth-order valence-electron chi connectivity index (χ4n) is 2.14. The Morgan fingerprint density at radius 2 is 2.00 bits per heavy atom. The van der Waals surface area contributed by atoms with Crippen LogP contribution < -0.4 is 11.1 Å². The Kier molecular flexibility index (Phi) is 10.7. The lowest BCUT2D eigenvalue weighted by atomic mass is 9.99. The van der Waals surface area contributed by atoms with Gasteiger partial charge in [0.05, 0.1) is 0 Å². The topological polar surface area (TPSA) is 53.6 Å². The lowest BCUT2D eigenvalue weighted by molar-refractivity contribution is 0.191. The van der Waals surface area contributed by atoms with Crippen molar-refractivity contribution in [2.45, 2.75) is 40.0 Å². The first-order valence-electron chi connectivity index (χ1n) is 7.34. The van der Waals surface area contributed by atoms with E-state index in [2.05, 4.69) is 36.0 Å². The second-order valence-corrected chi connectivity index (χ2v) is 5.92. The smallest absolute Gasteiger partial charge is 0.188 e. The van der Waals surface area contributed by atoms with Crippen LogP contribution in [0.25, 0.3) is 0 Å². The van der Waals surface area contributed by atoms with Crippen molar-refractivity contribution in [2.75, 3.05) is 32.7 Å². The van der Waals surface area contributed by atoms with Gasteiger partial charge in [-0.05, 0) is 50.7 Å². The first-order chi connectivity index (χ1) is 8.58. The summed E-state index contributed by atoms with van der Waals surface area (Å²) in [5, 5.41) is 3.19. The molecule has 0 radical (unpaired) electrons. The molecule has 4 nitrogen and oxygen atoms in total. The molecule has 0 aromatic carbocycles. The van der Waals surface area contributed by atoms with Gasteiger partial charge >= 0.3 is 0 Å². The average Bonchev–Trinajstić information content (AvgIpc) is 2.34. The molecular weight excluding hydrogens is 351 g/mol. The Labute approximate surface area is 135 Å². The van der Waals surface area contributed by atoms with E-state index < -0.39 is 0 Å². The number of rotatable bonds is 6. The van der Waals surface area contributed by atoms with E-state index in [9.17, 15) is 0 Å². The molecule has 1 saturated heterocycles. The number of hydrogen-bond donors (Lipinski definition) is 2. The first kappa shape index (κ1) is 19.0. The molecule has 0 atom stereocenters. The monoisotopic (exact) mass is 382 g/mol. The summed E-state index contributed by atoms with van der Waals surface area (Å²) in [6.07, 6.45) is 3.85. The van der Waals surface area contributed by atoms with E-state index in [-0.39, 0.29) is 24.0 Å². The molecule has 3 N–H and O–H groups in total. The van der Waals surface area contributed by atoms with Crippen LogP contribution in [0.4, 0.5) is 0 Å². The number of piperidine rings is 1. The number of nitrogens with two attached hydrogens (primary N) is 1. The Morgan fingerprint density at radius 3 is 2.58 bits per heavy atom. The molecular formula is C14H31IN4. The quantitative estimate of drug-likeness (QED) is 0.321. The second kappa shape index (κ2) is 10.7. The molecule has 0 bridgehead atoms. The van der Waals surface area contributed by atoms with Gasteiger partial charge in [0.2, 0.25) is 0 Å². The van der Waals surface area contributed by atoms with E-state index in [1.807, 2.05) is 0 Å². The molecule has 0 amide bonds. The number of halogens is 1. The van der Waals surface area contributed by atoms with E-state index >= 15 is 0 Å². The van der Waals surface area contributed by atoms with Crippen LogP contribution in [0.3, 0.4) is 0 Å². The third-order valence-corrected chi connectivity index (χ3v) is 3.46. The number of aliphatic imine (C=N–C) groups is 1. The highest BCUT2D eigenvalue weighted by atomic mass is 127. The van der Waals surface area contributed by atoms with E-state index in [1.54, 1.807) is 0 Å². The lowest BCUT2D eigenvalue weighted by Crippen LogP contribution is -2.37. The van der Waals surface area contributed by atoms with Crippen molar-refractivity contribution in [2.24, 2.45) is 22.6 Å². The first-order valence-corrected chi connectivity index (χ1v) is 7.34. The van der Waals surface area contributed by atoms with E-state index in [4.69, 9.17) is 5.73 Å². The van der Waals surface area contributed by atoms with Gasteiger partial charge in [0.25, 0.3) is 0 Å². The van der Waals surface area contributed by atoms with Crippen LogP contribution in [0.2, 0.25) is 0 Å². The summed E-state index contributed by atoms with van der Waals surface area (Å²) in [5.74, 6) is 2.08. The van der Waals surface area contributed by atoms with Crippen molar-refractivity contribution in [3.05, 3.63) is 0 Å². The summed E-state index contributed by atoms with van der Waals surface area (Å²) < 4.78 is 0. The van der Waals surface area contributed by atoms with Crippen LogP contribution in [0, 0.1) is 11.8 Å². The third kappa shape index (κ3) is 9.49. The molecule has 0 aromatic rings. The summed E-state index contributed by atoms with van der Waals surface area (Å²) in [6, 6.07) is 0. The predicted molar refractivity (Wildman–Crippen MR) is 94.2 cm³/mol. The van der Waals surface area contributed by atoms with Crippen LogP contribution in [-0.2, 0) is 0 Å². The van der Waals surface area contributed by atoms with Crippen molar-refractivity contribution < 1.29 is 0 Å². The molecule has 5 heteroatoms. The predicted octanol–water partition coefficient (Wildman–Crippen LogP) is 2.29. The summed E-state index contributed by atoms with van der Waals surface area (Å²) in [5.41, 5.74) is 5.78. The summed E-state index contributed by atoms with van der Waals surface area (Å²) in [6.45, 7) is 12.1. The zero-order chi connectivity index (χ0) is 13.4.